The molecule has 0 spiro atoms. The van der Waals surface area contributed by atoms with Gasteiger partial charge in [0.05, 0.1) is 13.2 Å². The van der Waals surface area contributed by atoms with Crippen LogP contribution in [-0.2, 0) is 4.74 Å². The van der Waals surface area contributed by atoms with Gasteiger partial charge in [-0.3, -0.25) is 9.59 Å². The second kappa shape index (κ2) is 9.53. The molecule has 0 aromatic heterocycles. The van der Waals surface area contributed by atoms with Crippen LogP contribution in [0.5, 0.6) is 5.75 Å². The van der Waals surface area contributed by atoms with Crippen molar-refractivity contribution in [2.75, 3.05) is 41.8 Å². The number of hydrogen-bond donors (Lipinski definition) is 3. The number of ether oxygens (including phenoxy) is 1. The molecule has 0 bridgehead atoms. The Morgan fingerprint density at radius 3 is 2.34 bits per heavy atom. The average Bonchev–Trinajstić information content (AvgIpc) is 2.82. The standard InChI is InChI=1S/C25H25N3O4/c1-17-5-8-20(16-23(17)27-24(30)18-6-9-22(29)10-7-18)26-25(31)19-3-2-4-21(15-19)28-11-13-32-14-12-28/h2-10,15-16,29H,11-14H2,1H3,(H,26,31)(H,27,30). The summed E-state index contributed by atoms with van der Waals surface area (Å²) >= 11 is 0. The van der Waals surface area contributed by atoms with Crippen molar-refractivity contribution in [1.82, 2.24) is 0 Å². The van der Waals surface area contributed by atoms with Crippen LogP contribution in [0.1, 0.15) is 26.3 Å². The average molecular weight is 431 g/mol. The molecule has 4 rings (SSSR count). The van der Waals surface area contributed by atoms with Gasteiger partial charge < -0.3 is 25.4 Å². The van der Waals surface area contributed by atoms with Crippen molar-refractivity contribution in [3.63, 3.8) is 0 Å². The summed E-state index contributed by atoms with van der Waals surface area (Å²) < 4.78 is 5.40. The van der Waals surface area contributed by atoms with Crippen LogP contribution in [0.25, 0.3) is 0 Å². The molecule has 1 aliphatic rings. The molecule has 1 fully saturated rings. The minimum Gasteiger partial charge on any atom is -0.508 e. The summed E-state index contributed by atoms with van der Waals surface area (Å²) in [6.07, 6.45) is 0. The Morgan fingerprint density at radius 2 is 1.59 bits per heavy atom. The van der Waals surface area contributed by atoms with Crippen LogP contribution in [0.2, 0.25) is 0 Å². The highest BCUT2D eigenvalue weighted by Crippen LogP contribution is 2.23. The molecule has 1 saturated heterocycles. The minimum atomic E-state index is -0.296. The molecule has 3 N–H and O–H groups in total. The zero-order chi connectivity index (χ0) is 22.5. The molecule has 0 atom stereocenters. The highest BCUT2D eigenvalue weighted by molar-refractivity contribution is 6.07. The molecular formula is C25H25N3O4. The molecular weight excluding hydrogens is 406 g/mol. The van der Waals surface area contributed by atoms with Crippen molar-refractivity contribution in [3.8, 4) is 5.75 Å². The molecule has 1 heterocycles. The first kappa shape index (κ1) is 21.4. The summed E-state index contributed by atoms with van der Waals surface area (Å²) in [5, 5.41) is 15.2. The SMILES string of the molecule is Cc1ccc(NC(=O)c2cccc(N3CCOCC3)c2)cc1NC(=O)c1ccc(O)cc1. The quantitative estimate of drug-likeness (QED) is 0.567. The van der Waals surface area contributed by atoms with E-state index in [9.17, 15) is 14.7 Å². The predicted octanol–water partition coefficient (Wildman–Crippen LogP) is 4.04. The second-order valence-electron chi connectivity index (χ2n) is 7.63. The number of benzene rings is 3. The molecule has 2 amide bonds. The van der Waals surface area contributed by atoms with Crippen molar-refractivity contribution >= 4 is 28.9 Å². The summed E-state index contributed by atoms with van der Waals surface area (Å²) in [7, 11) is 0. The van der Waals surface area contributed by atoms with Crippen LogP contribution in [0, 0.1) is 6.92 Å². The number of carbonyl (C=O) groups is 2. The summed E-state index contributed by atoms with van der Waals surface area (Å²) in [5.74, 6) is -0.422. The molecule has 1 aliphatic heterocycles. The Kier molecular flexibility index (Phi) is 6.37. The van der Waals surface area contributed by atoms with Crippen LogP contribution < -0.4 is 15.5 Å². The number of nitrogens with one attached hydrogen (secondary N) is 2. The number of aryl methyl sites for hydroxylation is 1. The Labute approximate surface area is 186 Å². The fraction of sp³-hybridized carbons (Fsp3) is 0.200. The number of amides is 2. The molecule has 164 valence electrons. The van der Waals surface area contributed by atoms with Crippen LogP contribution in [-0.4, -0.2) is 43.2 Å². The first-order valence-electron chi connectivity index (χ1n) is 10.4. The van der Waals surface area contributed by atoms with Gasteiger partial charge in [0, 0.05) is 41.3 Å². The van der Waals surface area contributed by atoms with E-state index in [0.717, 1.165) is 24.3 Å². The zero-order valence-electron chi connectivity index (χ0n) is 17.8. The first-order valence-corrected chi connectivity index (χ1v) is 10.4. The molecule has 0 radical (unpaired) electrons. The van der Waals surface area contributed by atoms with E-state index in [-0.39, 0.29) is 17.6 Å². The fourth-order valence-electron chi connectivity index (χ4n) is 3.51. The Hall–Kier alpha value is -3.84. The summed E-state index contributed by atoms with van der Waals surface area (Å²) in [6.45, 7) is 4.83. The molecule has 0 saturated carbocycles. The van der Waals surface area contributed by atoms with E-state index in [1.165, 1.54) is 12.1 Å². The van der Waals surface area contributed by atoms with E-state index in [1.54, 1.807) is 30.3 Å². The highest BCUT2D eigenvalue weighted by atomic mass is 16.5. The zero-order valence-corrected chi connectivity index (χ0v) is 17.8. The molecule has 0 unspecified atom stereocenters. The molecule has 7 heteroatoms. The molecule has 7 nitrogen and oxygen atoms in total. The number of morpholine rings is 1. The van der Waals surface area contributed by atoms with E-state index in [2.05, 4.69) is 15.5 Å². The third-order valence-corrected chi connectivity index (χ3v) is 5.36. The van der Waals surface area contributed by atoms with Gasteiger partial charge in [-0.25, -0.2) is 0 Å². The van der Waals surface area contributed by atoms with Gasteiger partial charge in [0.15, 0.2) is 0 Å². The number of carbonyl (C=O) groups excluding carboxylic acids is 2. The normalized spacial score (nSPS) is 13.5. The van der Waals surface area contributed by atoms with Gasteiger partial charge in [-0.15, -0.1) is 0 Å². The van der Waals surface area contributed by atoms with Crippen LogP contribution in [0.3, 0.4) is 0 Å². The van der Waals surface area contributed by atoms with Gasteiger partial charge in [0.2, 0.25) is 0 Å². The van der Waals surface area contributed by atoms with Crippen molar-refractivity contribution in [1.29, 1.82) is 0 Å². The summed E-state index contributed by atoms with van der Waals surface area (Å²) in [5.41, 5.74) is 4.03. The smallest absolute Gasteiger partial charge is 0.255 e. The van der Waals surface area contributed by atoms with Gasteiger partial charge in [-0.2, -0.15) is 0 Å². The monoisotopic (exact) mass is 431 g/mol. The van der Waals surface area contributed by atoms with E-state index in [1.807, 2.05) is 31.2 Å². The maximum Gasteiger partial charge on any atom is 0.255 e. The molecule has 32 heavy (non-hydrogen) atoms. The lowest BCUT2D eigenvalue weighted by Gasteiger charge is -2.29. The lowest BCUT2D eigenvalue weighted by molar-refractivity contribution is 0.101. The Morgan fingerprint density at radius 1 is 0.875 bits per heavy atom. The molecule has 3 aromatic rings. The van der Waals surface area contributed by atoms with E-state index in [0.29, 0.717) is 35.7 Å². The molecule has 3 aromatic carbocycles. The van der Waals surface area contributed by atoms with Crippen molar-refractivity contribution < 1.29 is 19.4 Å². The lowest BCUT2D eigenvalue weighted by Crippen LogP contribution is -2.36. The number of aromatic hydroxyl groups is 1. The topological polar surface area (TPSA) is 90.9 Å². The first-order chi connectivity index (χ1) is 15.5. The van der Waals surface area contributed by atoms with Crippen molar-refractivity contribution in [3.05, 3.63) is 83.4 Å². The number of anilines is 3. The third kappa shape index (κ3) is 5.07. The summed E-state index contributed by atoms with van der Waals surface area (Å²) in [4.78, 5) is 27.6. The van der Waals surface area contributed by atoms with Crippen LogP contribution in [0.4, 0.5) is 17.1 Å². The van der Waals surface area contributed by atoms with Gasteiger partial charge in [-0.1, -0.05) is 12.1 Å². The fourth-order valence-corrected chi connectivity index (χ4v) is 3.51. The summed E-state index contributed by atoms with van der Waals surface area (Å²) in [6, 6.07) is 18.9. The maximum atomic E-state index is 12.9. The third-order valence-electron chi connectivity index (χ3n) is 5.36. The number of nitrogens with zero attached hydrogens (tertiary/aromatic N) is 1. The minimum absolute atomic E-state index is 0.0973. The maximum absolute atomic E-state index is 12.9. The van der Waals surface area contributed by atoms with Gasteiger partial charge >= 0.3 is 0 Å². The van der Waals surface area contributed by atoms with Gasteiger partial charge in [0.25, 0.3) is 11.8 Å². The Bertz CT molecular complexity index is 1120. The van der Waals surface area contributed by atoms with E-state index in [4.69, 9.17) is 4.74 Å². The number of phenols is 1. The van der Waals surface area contributed by atoms with Crippen molar-refractivity contribution in [2.24, 2.45) is 0 Å². The highest BCUT2D eigenvalue weighted by Gasteiger charge is 2.14. The van der Waals surface area contributed by atoms with E-state index >= 15 is 0 Å². The number of hydrogen-bond acceptors (Lipinski definition) is 5. The van der Waals surface area contributed by atoms with Gasteiger partial charge in [-0.05, 0) is 67.1 Å². The molecule has 0 aliphatic carbocycles. The largest absolute Gasteiger partial charge is 0.508 e. The van der Waals surface area contributed by atoms with Crippen LogP contribution >= 0.6 is 0 Å². The predicted molar refractivity (Wildman–Crippen MR) is 125 cm³/mol. The lowest BCUT2D eigenvalue weighted by atomic mass is 10.1. The Balaban J connectivity index is 1.47. The number of phenolic OH excluding ortho intramolecular Hbond substituents is 1. The second-order valence-corrected chi connectivity index (χ2v) is 7.63. The van der Waals surface area contributed by atoms with E-state index < -0.39 is 0 Å². The number of rotatable bonds is 5. The van der Waals surface area contributed by atoms with Crippen molar-refractivity contribution in [2.45, 2.75) is 6.92 Å². The van der Waals surface area contributed by atoms with Gasteiger partial charge in [0.1, 0.15) is 5.75 Å². The van der Waals surface area contributed by atoms with Crippen LogP contribution in [0.15, 0.2) is 66.7 Å².